The lowest BCUT2D eigenvalue weighted by Crippen LogP contribution is -2.15. The predicted octanol–water partition coefficient (Wildman–Crippen LogP) is 3.16. The standard InChI is InChI=1S/C17H19NO3/c1-12(16(19)13-7-5-4-6-8-13)11-14-17(21-3)15(20-2)9-10-18-14/h4-10,12H,11H2,1-3H3. The quantitative estimate of drug-likeness (QED) is 0.765. The first kappa shape index (κ1) is 15.0. The zero-order chi connectivity index (χ0) is 15.2. The average Bonchev–Trinajstić information content (AvgIpc) is 2.54. The molecule has 0 bridgehead atoms. The summed E-state index contributed by atoms with van der Waals surface area (Å²) in [5.74, 6) is 1.14. The van der Waals surface area contributed by atoms with Gasteiger partial charge in [-0.15, -0.1) is 0 Å². The van der Waals surface area contributed by atoms with Crippen LogP contribution >= 0.6 is 0 Å². The Bertz CT molecular complexity index is 611. The lowest BCUT2D eigenvalue weighted by atomic mass is 9.94. The molecule has 0 aliphatic rings. The van der Waals surface area contributed by atoms with E-state index in [0.29, 0.717) is 23.5 Å². The number of hydrogen-bond acceptors (Lipinski definition) is 4. The van der Waals surface area contributed by atoms with Crippen LogP contribution in [-0.2, 0) is 6.42 Å². The topological polar surface area (TPSA) is 48.4 Å². The zero-order valence-electron chi connectivity index (χ0n) is 12.5. The molecule has 1 aromatic heterocycles. The second-order valence-corrected chi connectivity index (χ2v) is 4.83. The average molecular weight is 285 g/mol. The van der Waals surface area contributed by atoms with Crippen LogP contribution in [0.2, 0.25) is 0 Å². The largest absolute Gasteiger partial charge is 0.493 e. The summed E-state index contributed by atoms with van der Waals surface area (Å²) in [6.45, 7) is 1.90. The number of carbonyl (C=O) groups excluding carboxylic acids is 1. The molecule has 0 N–H and O–H groups in total. The smallest absolute Gasteiger partial charge is 0.182 e. The van der Waals surface area contributed by atoms with E-state index < -0.39 is 0 Å². The van der Waals surface area contributed by atoms with Crippen LogP contribution < -0.4 is 9.47 Å². The summed E-state index contributed by atoms with van der Waals surface area (Å²) in [5, 5.41) is 0. The highest BCUT2D eigenvalue weighted by atomic mass is 16.5. The second kappa shape index (κ2) is 6.88. The molecule has 110 valence electrons. The molecule has 4 nitrogen and oxygen atoms in total. The molecule has 2 aromatic rings. The first-order valence-electron chi connectivity index (χ1n) is 6.82. The number of nitrogens with zero attached hydrogens (tertiary/aromatic N) is 1. The Balaban J connectivity index is 2.20. The van der Waals surface area contributed by atoms with E-state index in [2.05, 4.69) is 4.98 Å². The Kier molecular flexibility index (Phi) is 4.93. The molecule has 1 atom stereocenters. The molecular formula is C17H19NO3. The number of ketones is 1. The number of aromatic nitrogens is 1. The van der Waals surface area contributed by atoms with Crippen LogP contribution in [0.4, 0.5) is 0 Å². The summed E-state index contributed by atoms with van der Waals surface area (Å²) in [6.07, 6.45) is 2.17. The number of ether oxygens (including phenoxy) is 2. The van der Waals surface area contributed by atoms with Crippen molar-refractivity contribution in [2.24, 2.45) is 5.92 Å². The Morgan fingerprint density at radius 1 is 1.14 bits per heavy atom. The molecule has 2 rings (SSSR count). The van der Waals surface area contributed by atoms with Crippen LogP contribution in [0.1, 0.15) is 23.0 Å². The Labute approximate surface area is 124 Å². The van der Waals surface area contributed by atoms with Crippen molar-refractivity contribution < 1.29 is 14.3 Å². The molecular weight excluding hydrogens is 266 g/mol. The Morgan fingerprint density at radius 3 is 2.48 bits per heavy atom. The minimum Gasteiger partial charge on any atom is -0.493 e. The molecule has 0 aliphatic heterocycles. The summed E-state index contributed by atoms with van der Waals surface area (Å²) < 4.78 is 10.6. The summed E-state index contributed by atoms with van der Waals surface area (Å²) in [4.78, 5) is 16.7. The highest BCUT2D eigenvalue weighted by Gasteiger charge is 2.19. The van der Waals surface area contributed by atoms with E-state index in [-0.39, 0.29) is 11.7 Å². The maximum atomic E-state index is 12.4. The van der Waals surface area contributed by atoms with Crippen molar-refractivity contribution in [1.82, 2.24) is 4.98 Å². The van der Waals surface area contributed by atoms with Gasteiger partial charge in [-0.05, 0) is 0 Å². The van der Waals surface area contributed by atoms with Crippen LogP contribution in [0.25, 0.3) is 0 Å². The third-order valence-corrected chi connectivity index (χ3v) is 3.37. The van der Waals surface area contributed by atoms with Gasteiger partial charge < -0.3 is 9.47 Å². The van der Waals surface area contributed by atoms with Crippen molar-refractivity contribution in [2.75, 3.05) is 14.2 Å². The zero-order valence-corrected chi connectivity index (χ0v) is 12.5. The molecule has 0 saturated heterocycles. The van der Waals surface area contributed by atoms with Crippen molar-refractivity contribution in [3.63, 3.8) is 0 Å². The number of rotatable bonds is 6. The lowest BCUT2D eigenvalue weighted by molar-refractivity contribution is 0.0928. The predicted molar refractivity (Wildman–Crippen MR) is 81.0 cm³/mol. The van der Waals surface area contributed by atoms with Gasteiger partial charge in [-0.25, -0.2) is 0 Å². The Hall–Kier alpha value is -2.36. The molecule has 0 spiro atoms. The summed E-state index contributed by atoms with van der Waals surface area (Å²) in [6, 6.07) is 11.0. The molecule has 1 heterocycles. The van der Waals surface area contributed by atoms with Gasteiger partial charge >= 0.3 is 0 Å². The molecule has 0 amide bonds. The highest BCUT2D eigenvalue weighted by Crippen LogP contribution is 2.30. The van der Waals surface area contributed by atoms with Crippen molar-refractivity contribution in [1.29, 1.82) is 0 Å². The van der Waals surface area contributed by atoms with Crippen LogP contribution in [0.5, 0.6) is 11.5 Å². The molecule has 21 heavy (non-hydrogen) atoms. The third kappa shape index (κ3) is 3.40. The number of carbonyl (C=O) groups is 1. The van der Waals surface area contributed by atoms with E-state index in [1.54, 1.807) is 26.5 Å². The SMILES string of the molecule is COc1ccnc(CC(C)C(=O)c2ccccc2)c1OC. The molecule has 4 heteroatoms. The minimum atomic E-state index is -0.180. The van der Waals surface area contributed by atoms with Gasteiger partial charge in [0.1, 0.15) is 0 Å². The summed E-state index contributed by atoms with van der Waals surface area (Å²) >= 11 is 0. The molecule has 1 unspecified atom stereocenters. The number of methoxy groups -OCH3 is 2. The fraction of sp³-hybridized carbons (Fsp3) is 0.294. The van der Waals surface area contributed by atoms with E-state index in [4.69, 9.17) is 9.47 Å². The number of hydrogen-bond donors (Lipinski definition) is 0. The van der Waals surface area contributed by atoms with Crippen molar-refractivity contribution >= 4 is 5.78 Å². The molecule has 0 saturated carbocycles. The highest BCUT2D eigenvalue weighted by molar-refractivity contribution is 5.97. The van der Waals surface area contributed by atoms with Crippen molar-refractivity contribution in [2.45, 2.75) is 13.3 Å². The van der Waals surface area contributed by atoms with E-state index in [0.717, 1.165) is 5.69 Å². The van der Waals surface area contributed by atoms with E-state index in [1.165, 1.54) is 0 Å². The third-order valence-electron chi connectivity index (χ3n) is 3.37. The van der Waals surface area contributed by atoms with Gasteiger partial charge in [0.2, 0.25) is 0 Å². The molecule has 1 aromatic carbocycles. The van der Waals surface area contributed by atoms with E-state index in [1.807, 2.05) is 37.3 Å². The molecule has 0 radical (unpaired) electrons. The first-order chi connectivity index (χ1) is 10.2. The lowest BCUT2D eigenvalue weighted by Gasteiger charge is -2.14. The van der Waals surface area contributed by atoms with Gasteiger partial charge in [-0.2, -0.15) is 0 Å². The normalized spacial score (nSPS) is 11.8. The number of Topliss-reactive ketones (excluding diaryl/α,β-unsaturated/α-hetero) is 1. The first-order valence-corrected chi connectivity index (χ1v) is 6.82. The van der Waals surface area contributed by atoms with E-state index >= 15 is 0 Å². The summed E-state index contributed by atoms with van der Waals surface area (Å²) in [7, 11) is 3.16. The monoisotopic (exact) mass is 285 g/mol. The van der Waals surface area contributed by atoms with Crippen LogP contribution in [0.3, 0.4) is 0 Å². The van der Waals surface area contributed by atoms with Crippen LogP contribution in [-0.4, -0.2) is 25.0 Å². The fourth-order valence-corrected chi connectivity index (χ4v) is 2.27. The van der Waals surface area contributed by atoms with Crippen molar-refractivity contribution in [3.05, 3.63) is 53.9 Å². The maximum absolute atomic E-state index is 12.4. The van der Waals surface area contributed by atoms with Gasteiger partial charge in [0.15, 0.2) is 17.3 Å². The van der Waals surface area contributed by atoms with Gasteiger partial charge in [0, 0.05) is 30.2 Å². The number of benzene rings is 1. The summed E-state index contributed by atoms with van der Waals surface area (Å²) in [5.41, 5.74) is 1.44. The van der Waals surface area contributed by atoms with Crippen LogP contribution in [0, 0.1) is 5.92 Å². The molecule has 0 fully saturated rings. The van der Waals surface area contributed by atoms with Crippen LogP contribution in [0.15, 0.2) is 42.6 Å². The van der Waals surface area contributed by atoms with E-state index in [9.17, 15) is 4.79 Å². The fourth-order valence-electron chi connectivity index (χ4n) is 2.27. The van der Waals surface area contributed by atoms with Gasteiger partial charge in [-0.1, -0.05) is 37.3 Å². The molecule has 0 aliphatic carbocycles. The second-order valence-electron chi connectivity index (χ2n) is 4.83. The minimum absolute atomic E-state index is 0.0993. The maximum Gasteiger partial charge on any atom is 0.182 e. The Morgan fingerprint density at radius 2 is 1.86 bits per heavy atom. The van der Waals surface area contributed by atoms with Gasteiger partial charge in [0.25, 0.3) is 0 Å². The number of pyridine rings is 1. The van der Waals surface area contributed by atoms with Gasteiger partial charge in [0.05, 0.1) is 19.9 Å². The van der Waals surface area contributed by atoms with Crippen molar-refractivity contribution in [3.8, 4) is 11.5 Å². The van der Waals surface area contributed by atoms with Gasteiger partial charge in [-0.3, -0.25) is 9.78 Å².